The van der Waals surface area contributed by atoms with Gasteiger partial charge in [0.1, 0.15) is 6.33 Å². The number of aryl methyl sites for hydroxylation is 3. The average Bonchev–Trinajstić information content (AvgIpc) is 3.02. The standard InChI is InChI=1S/C16H25N7O/c1-11-15(12(2)20-19-11)13-7-5-4-6-8-23(13)16(24)17-9-14-18-10-22(3)21-14/h10,13H,4-9H2,1-3H3,(H,17,24)(H,19,20)/t13-/m0/s1. The fourth-order valence-corrected chi connectivity index (χ4v) is 3.42. The summed E-state index contributed by atoms with van der Waals surface area (Å²) in [6.45, 7) is 5.12. The van der Waals surface area contributed by atoms with Crippen LogP contribution < -0.4 is 5.32 Å². The Kier molecular flexibility index (Phi) is 4.82. The molecule has 1 aliphatic heterocycles. The lowest BCUT2D eigenvalue weighted by atomic mass is 9.99. The molecule has 24 heavy (non-hydrogen) atoms. The van der Waals surface area contributed by atoms with Gasteiger partial charge in [-0.1, -0.05) is 12.8 Å². The number of H-pyrrole nitrogens is 1. The number of amides is 2. The van der Waals surface area contributed by atoms with Crippen molar-refractivity contribution < 1.29 is 4.79 Å². The van der Waals surface area contributed by atoms with Crippen molar-refractivity contribution in [3.05, 3.63) is 29.1 Å². The van der Waals surface area contributed by atoms with E-state index in [0.29, 0.717) is 12.4 Å². The number of hydrogen-bond donors (Lipinski definition) is 2. The summed E-state index contributed by atoms with van der Waals surface area (Å²) >= 11 is 0. The molecule has 8 heteroatoms. The number of likely N-dealkylation sites (tertiary alicyclic amines) is 1. The fourth-order valence-electron chi connectivity index (χ4n) is 3.42. The molecule has 0 saturated carbocycles. The van der Waals surface area contributed by atoms with Crippen LogP contribution in [0.5, 0.6) is 0 Å². The Morgan fingerprint density at radius 2 is 2.21 bits per heavy atom. The van der Waals surface area contributed by atoms with E-state index in [-0.39, 0.29) is 12.1 Å². The van der Waals surface area contributed by atoms with Crippen molar-refractivity contribution in [3.8, 4) is 0 Å². The summed E-state index contributed by atoms with van der Waals surface area (Å²) < 4.78 is 1.63. The smallest absolute Gasteiger partial charge is 0.318 e. The molecule has 1 fully saturated rings. The van der Waals surface area contributed by atoms with Gasteiger partial charge in [-0.2, -0.15) is 10.2 Å². The maximum Gasteiger partial charge on any atom is 0.318 e. The number of aromatic nitrogens is 5. The van der Waals surface area contributed by atoms with Crippen molar-refractivity contribution in [1.29, 1.82) is 0 Å². The van der Waals surface area contributed by atoms with E-state index in [1.165, 1.54) is 0 Å². The van der Waals surface area contributed by atoms with E-state index in [1.807, 2.05) is 25.8 Å². The number of nitrogens with one attached hydrogen (secondary N) is 2. The molecule has 0 spiro atoms. The van der Waals surface area contributed by atoms with Gasteiger partial charge in [0, 0.05) is 24.8 Å². The normalized spacial score (nSPS) is 18.5. The Labute approximate surface area is 141 Å². The molecule has 130 valence electrons. The summed E-state index contributed by atoms with van der Waals surface area (Å²) in [6.07, 6.45) is 5.91. The van der Waals surface area contributed by atoms with Gasteiger partial charge in [-0.25, -0.2) is 9.78 Å². The van der Waals surface area contributed by atoms with Crippen LogP contribution in [0.1, 0.15) is 54.5 Å². The van der Waals surface area contributed by atoms with Gasteiger partial charge in [0.25, 0.3) is 0 Å². The third kappa shape index (κ3) is 3.42. The first-order valence-electron chi connectivity index (χ1n) is 8.46. The molecule has 1 saturated heterocycles. The van der Waals surface area contributed by atoms with E-state index in [1.54, 1.807) is 11.0 Å². The molecule has 1 aliphatic rings. The van der Waals surface area contributed by atoms with Gasteiger partial charge in [-0.3, -0.25) is 9.78 Å². The van der Waals surface area contributed by atoms with Crippen LogP contribution in [0.4, 0.5) is 4.79 Å². The summed E-state index contributed by atoms with van der Waals surface area (Å²) in [7, 11) is 1.81. The zero-order valence-corrected chi connectivity index (χ0v) is 14.5. The van der Waals surface area contributed by atoms with Crippen molar-refractivity contribution in [1.82, 2.24) is 35.2 Å². The van der Waals surface area contributed by atoms with Crippen LogP contribution in [0.15, 0.2) is 6.33 Å². The highest BCUT2D eigenvalue weighted by molar-refractivity contribution is 5.74. The van der Waals surface area contributed by atoms with E-state index >= 15 is 0 Å². The lowest BCUT2D eigenvalue weighted by Crippen LogP contribution is -2.42. The Morgan fingerprint density at radius 3 is 2.88 bits per heavy atom. The van der Waals surface area contributed by atoms with Gasteiger partial charge in [-0.05, 0) is 26.7 Å². The monoisotopic (exact) mass is 331 g/mol. The number of carbonyl (C=O) groups is 1. The number of carbonyl (C=O) groups excluding carboxylic acids is 1. The maximum atomic E-state index is 12.8. The molecular weight excluding hydrogens is 306 g/mol. The fraction of sp³-hybridized carbons (Fsp3) is 0.625. The second-order valence-corrected chi connectivity index (χ2v) is 6.40. The third-order valence-electron chi connectivity index (χ3n) is 4.58. The van der Waals surface area contributed by atoms with Crippen molar-refractivity contribution in [2.45, 2.75) is 52.1 Å². The summed E-state index contributed by atoms with van der Waals surface area (Å²) in [5.74, 6) is 0.618. The number of aromatic amines is 1. The molecule has 0 bridgehead atoms. The molecule has 0 unspecified atom stereocenters. The topological polar surface area (TPSA) is 91.7 Å². The maximum absolute atomic E-state index is 12.8. The average molecular weight is 331 g/mol. The van der Waals surface area contributed by atoms with Gasteiger partial charge in [0.05, 0.1) is 18.3 Å². The van der Waals surface area contributed by atoms with Crippen LogP contribution >= 0.6 is 0 Å². The quantitative estimate of drug-likeness (QED) is 0.899. The number of hydrogen-bond acceptors (Lipinski definition) is 4. The van der Waals surface area contributed by atoms with E-state index in [4.69, 9.17) is 0 Å². The first kappa shape index (κ1) is 16.5. The minimum Gasteiger partial charge on any atom is -0.331 e. The van der Waals surface area contributed by atoms with Crippen molar-refractivity contribution in [2.75, 3.05) is 6.54 Å². The molecule has 0 aliphatic carbocycles. The number of rotatable bonds is 3. The van der Waals surface area contributed by atoms with Crippen LogP contribution in [-0.2, 0) is 13.6 Å². The van der Waals surface area contributed by atoms with Crippen molar-refractivity contribution in [2.24, 2.45) is 7.05 Å². The minimum atomic E-state index is -0.0608. The Balaban J connectivity index is 1.75. The highest BCUT2D eigenvalue weighted by Gasteiger charge is 2.30. The van der Waals surface area contributed by atoms with Gasteiger partial charge >= 0.3 is 6.03 Å². The highest BCUT2D eigenvalue weighted by atomic mass is 16.2. The molecule has 0 radical (unpaired) electrons. The second kappa shape index (κ2) is 7.02. The lowest BCUT2D eigenvalue weighted by Gasteiger charge is -2.30. The molecule has 3 rings (SSSR count). The molecule has 8 nitrogen and oxygen atoms in total. The van der Waals surface area contributed by atoms with E-state index in [0.717, 1.165) is 49.2 Å². The predicted octanol–water partition coefficient (Wildman–Crippen LogP) is 1.98. The lowest BCUT2D eigenvalue weighted by molar-refractivity contribution is 0.174. The van der Waals surface area contributed by atoms with Gasteiger partial charge in [-0.15, -0.1) is 0 Å². The first-order chi connectivity index (χ1) is 11.6. The largest absolute Gasteiger partial charge is 0.331 e. The van der Waals surface area contributed by atoms with Gasteiger partial charge in [0.15, 0.2) is 5.82 Å². The Bertz CT molecular complexity index is 686. The van der Waals surface area contributed by atoms with E-state index < -0.39 is 0 Å². The third-order valence-corrected chi connectivity index (χ3v) is 4.58. The molecule has 1 atom stereocenters. The van der Waals surface area contributed by atoms with Crippen LogP contribution in [0.25, 0.3) is 0 Å². The molecule has 3 heterocycles. The zero-order valence-electron chi connectivity index (χ0n) is 14.5. The van der Waals surface area contributed by atoms with Gasteiger partial charge < -0.3 is 10.2 Å². The van der Waals surface area contributed by atoms with Crippen LogP contribution in [-0.4, -0.2) is 42.4 Å². The minimum absolute atomic E-state index is 0.0608. The van der Waals surface area contributed by atoms with Crippen molar-refractivity contribution in [3.63, 3.8) is 0 Å². The van der Waals surface area contributed by atoms with Gasteiger partial charge in [0.2, 0.25) is 0 Å². The molecule has 2 aromatic heterocycles. The molecular formula is C16H25N7O. The number of urea groups is 1. The first-order valence-corrected chi connectivity index (χ1v) is 8.46. The number of nitrogens with zero attached hydrogens (tertiary/aromatic N) is 5. The zero-order chi connectivity index (χ0) is 17.1. The Morgan fingerprint density at radius 1 is 1.38 bits per heavy atom. The van der Waals surface area contributed by atoms with Crippen LogP contribution in [0.3, 0.4) is 0 Å². The van der Waals surface area contributed by atoms with E-state index in [2.05, 4.69) is 25.6 Å². The van der Waals surface area contributed by atoms with Crippen molar-refractivity contribution >= 4 is 6.03 Å². The Hall–Kier alpha value is -2.38. The predicted molar refractivity (Wildman–Crippen MR) is 89.2 cm³/mol. The van der Waals surface area contributed by atoms with E-state index in [9.17, 15) is 4.79 Å². The molecule has 2 amide bonds. The summed E-state index contributed by atoms with van der Waals surface area (Å²) in [5, 5.41) is 14.5. The van der Waals surface area contributed by atoms with Crippen LogP contribution in [0.2, 0.25) is 0 Å². The molecule has 2 N–H and O–H groups in total. The molecule has 0 aromatic carbocycles. The summed E-state index contributed by atoms with van der Waals surface area (Å²) in [4.78, 5) is 18.9. The summed E-state index contributed by atoms with van der Waals surface area (Å²) in [5.41, 5.74) is 3.18. The summed E-state index contributed by atoms with van der Waals surface area (Å²) in [6, 6.07) is 0.0114. The second-order valence-electron chi connectivity index (χ2n) is 6.40. The highest BCUT2D eigenvalue weighted by Crippen LogP contribution is 2.33. The SMILES string of the molecule is Cc1n[nH]c(C)c1[C@@H]1CCCCCN1C(=O)NCc1ncn(C)n1. The van der Waals surface area contributed by atoms with Crippen LogP contribution in [0, 0.1) is 13.8 Å². The molecule has 2 aromatic rings.